The Morgan fingerprint density at radius 3 is 2.15 bits per heavy atom. The standard InChI is InChI=1S/C18H26N4O4S/c1-5-11-22(12-6-2)18-10-9-17(19-20-18)21-27(23,24)14-7-8-15(25-3)16(13-14)26-4/h7-10,13H,5-6,11-12H2,1-4H3,(H,19,21). The Morgan fingerprint density at radius 1 is 0.963 bits per heavy atom. The Kier molecular flexibility index (Phi) is 7.23. The second-order valence-corrected chi connectivity index (χ2v) is 7.57. The molecule has 9 heteroatoms. The first-order valence-electron chi connectivity index (χ1n) is 8.78. The third-order valence-corrected chi connectivity index (χ3v) is 5.22. The van der Waals surface area contributed by atoms with Crippen molar-refractivity contribution < 1.29 is 17.9 Å². The fourth-order valence-electron chi connectivity index (χ4n) is 2.61. The van der Waals surface area contributed by atoms with Gasteiger partial charge < -0.3 is 14.4 Å². The second-order valence-electron chi connectivity index (χ2n) is 5.89. The normalized spacial score (nSPS) is 11.1. The Balaban J connectivity index is 2.20. The van der Waals surface area contributed by atoms with Crippen LogP contribution in [0.3, 0.4) is 0 Å². The van der Waals surface area contributed by atoms with Crippen LogP contribution in [0.15, 0.2) is 35.2 Å². The summed E-state index contributed by atoms with van der Waals surface area (Å²) in [7, 11) is -0.890. The van der Waals surface area contributed by atoms with Crippen LogP contribution in [0, 0.1) is 0 Å². The molecule has 0 aliphatic carbocycles. The number of benzene rings is 1. The molecule has 0 bridgehead atoms. The molecule has 1 aromatic carbocycles. The number of anilines is 2. The zero-order valence-corrected chi connectivity index (χ0v) is 16.9. The predicted octanol–water partition coefficient (Wildman–Crippen LogP) is 2.92. The number of methoxy groups -OCH3 is 2. The number of ether oxygens (including phenoxy) is 2. The largest absolute Gasteiger partial charge is 0.493 e. The third-order valence-electron chi connectivity index (χ3n) is 3.87. The van der Waals surface area contributed by atoms with Crippen LogP contribution in [0.1, 0.15) is 26.7 Å². The lowest BCUT2D eigenvalue weighted by Gasteiger charge is -2.21. The van der Waals surface area contributed by atoms with Crippen LogP contribution in [-0.4, -0.2) is 45.9 Å². The number of nitrogens with one attached hydrogen (secondary N) is 1. The summed E-state index contributed by atoms with van der Waals surface area (Å²) < 4.78 is 37.9. The van der Waals surface area contributed by atoms with Crippen molar-refractivity contribution in [2.24, 2.45) is 0 Å². The van der Waals surface area contributed by atoms with E-state index in [9.17, 15) is 8.42 Å². The molecule has 0 aliphatic heterocycles. The average molecular weight is 394 g/mol. The van der Waals surface area contributed by atoms with Crippen molar-refractivity contribution in [3.8, 4) is 11.5 Å². The Hall–Kier alpha value is -2.55. The van der Waals surface area contributed by atoms with E-state index in [1.54, 1.807) is 12.1 Å². The molecule has 1 aromatic heterocycles. The van der Waals surface area contributed by atoms with Crippen molar-refractivity contribution in [3.63, 3.8) is 0 Å². The Morgan fingerprint density at radius 2 is 1.63 bits per heavy atom. The van der Waals surface area contributed by atoms with Gasteiger partial charge in [-0.1, -0.05) is 13.8 Å². The van der Waals surface area contributed by atoms with E-state index in [4.69, 9.17) is 9.47 Å². The summed E-state index contributed by atoms with van der Waals surface area (Å²) in [5.41, 5.74) is 0. The predicted molar refractivity (Wildman–Crippen MR) is 105 cm³/mol. The lowest BCUT2D eigenvalue weighted by Crippen LogP contribution is -2.26. The minimum Gasteiger partial charge on any atom is -0.493 e. The molecule has 2 rings (SSSR count). The summed E-state index contributed by atoms with van der Waals surface area (Å²) in [6, 6.07) is 7.75. The molecule has 0 aliphatic rings. The number of hydrogen-bond acceptors (Lipinski definition) is 7. The van der Waals surface area contributed by atoms with Gasteiger partial charge in [-0.25, -0.2) is 8.42 Å². The summed E-state index contributed by atoms with van der Waals surface area (Å²) in [5.74, 6) is 1.67. The lowest BCUT2D eigenvalue weighted by atomic mass is 10.3. The van der Waals surface area contributed by atoms with E-state index in [1.807, 2.05) is 0 Å². The molecule has 1 N–H and O–H groups in total. The molecular formula is C18H26N4O4S. The molecule has 0 unspecified atom stereocenters. The summed E-state index contributed by atoms with van der Waals surface area (Å²) >= 11 is 0. The highest BCUT2D eigenvalue weighted by molar-refractivity contribution is 7.92. The fraction of sp³-hybridized carbons (Fsp3) is 0.444. The van der Waals surface area contributed by atoms with Gasteiger partial charge in [-0.15, -0.1) is 10.2 Å². The topological polar surface area (TPSA) is 93.7 Å². The van der Waals surface area contributed by atoms with E-state index in [-0.39, 0.29) is 10.7 Å². The maximum atomic E-state index is 12.6. The van der Waals surface area contributed by atoms with E-state index in [0.29, 0.717) is 11.5 Å². The summed E-state index contributed by atoms with van der Waals surface area (Å²) in [6.07, 6.45) is 1.99. The smallest absolute Gasteiger partial charge is 0.263 e. The molecule has 27 heavy (non-hydrogen) atoms. The van der Waals surface area contributed by atoms with Crippen molar-refractivity contribution in [1.29, 1.82) is 0 Å². The van der Waals surface area contributed by atoms with Crippen LogP contribution in [0.2, 0.25) is 0 Å². The number of sulfonamides is 1. The molecule has 0 spiro atoms. The van der Waals surface area contributed by atoms with Crippen LogP contribution >= 0.6 is 0 Å². The number of hydrogen-bond donors (Lipinski definition) is 1. The first-order valence-corrected chi connectivity index (χ1v) is 10.3. The van der Waals surface area contributed by atoms with Gasteiger partial charge in [0.25, 0.3) is 10.0 Å². The maximum absolute atomic E-state index is 12.6. The molecule has 148 valence electrons. The summed E-state index contributed by atoms with van der Waals surface area (Å²) in [5, 5.41) is 8.17. The molecule has 0 saturated heterocycles. The third kappa shape index (κ3) is 5.22. The maximum Gasteiger partial charge on any atom is 0.263 e. The number of nitrogens with zero attached hydrogens (tertiary/aromatic N) is 3. The molecule has 1 heterocycles. The summed E-state index contributed by atoms with van der Waals surface area (Å²) in [6.45, 7) is 5.95. The Bertz CT molecular complexity index is 835. The van der Waals surface area contributed by atoms with Gasteiger partial charge in [0.15, 0.2) is 23.1 Å². The van der Waals surface area contributed by atoms with Gasteiger partial charge in [0.1, 0.15) is 0 Å². The van der Waals surface area contributed by atoms with E-state index < -0.39 is 10.0 Å². The van der Waals surface area contributed by atoms with Crippen LogP contribution in [0.25, 0.3) is 0 Å². The molecule has 0 fully saturated rings. The van der Waals surface area contributed by atoms with Crippen molar-refractivity contribution >= 4 is 21.7 Å². The highest BCUT2D eigenvalue weighted by Gasteiger charge is 2.18. The van der Waals surface area contributed by atoms with Gasteiger partial charge in [-0.3, -0.25) is 4.72 Å². The van der Waals surface area contributed by atoms with Gasteiger partial charge >= 0.3 is 0 Å². The average Bonchev–Trinajstić information content (AvgIpc) is 2.67. The van der Waals surface area contributed by atoms with Gasteiger partial charge in [0.2, 0.25) is 0 Å². The molecule has 2 aromatic rings. The first kappa shape index (κ1) is 20.8. The van der Waals surface area contributed by atoms with Crippen LogP contribution < -0.4 is 19.1 Å². The van der Waals surface area contributed by atoms with Crippen molar-refractivity contribution in [2.45, 2.75) is 31.6 Å². The Labute approximate surface area is 160 Å². The quantitative estimate of drug-likeness (QED) is 0.662. The zero-order valence-electron chi connectivity index (χ0n) is 16.1. The fourth-order valence-corrected chi connectivity index (χ4v) is 3.62. The van der Waals surface area contributed by atoms with E-state index in [1.165, 1.54) is 32.4 Å². The highest BCUT2D eigenvalue weighted by Crippen LogP contribution is 2.30. The van der Waals surface area contributed by atoms with Crippen LogP contribution in [0.5, 0.6) is 11.5 Å². The molecule has 8 nitrogen and oxygen atoms in total. The van der Waals surface area contributed by atoms with E-state index >= 15 is 0 Å². The molecule has 0 amide bonds. The van der Waals surface area contributed by atoms with Crippen LogP contribution in [-0.2, 0) is 10.0 Å². The van der Waals surface area contributed by atoms with Gasteiger partial charge in [-0.2, -0.15) is 0 Å². The summed E-state index contributed by atoms with van der Waals surface area (Å²) in [4.78, 5) is 2.17. The minimum absolute atomic E-state index is 0.0459. The van der Waals surface area contributed by atoms with E-state index in [2.05, 4.69) is 33.7 Å². The van der Waals surface area contributed by atoms with Crippen molar-refractivity contribution in [1.82, 2.24) is 10.2 Å². The lowest BCUT2D eigenvalue weighted by molar-refractivity contribution is 0.354. The number of rotatable bonds is 10. The molecular weight excluding hydrogens is 368 g/mol. The first-order chi connectivity index (χ1) is 12.9. The highest BCUT2D eigenvalue weighted by atomic mass is 32.2. The zero-order chi connectivity index (χ0) is 19.9. The van der Waals surface area contributed by atoms with Gasteiger partial charge in [0, 0.05) is 19.2 Å². The van der Waals surface area contributed by atoms with Gasteiger partial charge in [-0.05, 0) is 37.1 Å². The van der Waals surface area contributed by atoms with Gasteiger partial charge in [0.05, 0.1) is 19.1 Å². The molecule has 0 radical (unpaired) electrons. The monoisotopic (exact) mass is 394 g/mol. The SMILES string of the molecule is CCCN(CCC)c1ccc(NS(=O)(=O)c2ccc(OC)c(OC)c2)nn1. The molecule has 0 atom stereocenters. The minimum atomic E-state index is -3.83. The van der Waals surface area contributed by atoms with Crippen LogP contribution in [0.4, 0.5) is 11.6 Å². The molecule has 0 saturated carbocycles. The van der Waals surface area contributed by atoms with E-state index in [0.717, 1.165) is 31.7 Å². The number of aromatic nitrogens is 2. The van der Waals surface area contributed by atoms with Crippen molar-refractivity contribution in [3.05, 3.63) is 30.3 Å². The van der Waals surface area contributed by atoms with Crippen molar-refractivity contribution in [2.75, 3.05) is 36.9 Å². The second kappa shape index (κ2) is 9.40.